The zero-order valence-electron chi connectivity index (χ0n) is 11.4. The highest BCUT2D eigenvalue weighted by Gasteiger charge is 2.30. The van der Waals surface area contributed by atoms with Crippen molar-refractivity contribution >= 4 is 10.0 Å². The van der Waals surface area contributed by atoms with Crippen molar-refractivity contribution in [1.82, 2.24) is 4.31 Å². The third-order valence-corrected chi connectivity index (χ3v) is 4.99. The van der Waals surface area contributed by atoms with E-state index in [0.29, 0.717) is 5.56 Å². The number of rotatable bonds is 3. The van der Waals surface area contributed by atoms with E-state index in [9.17, 15) is 8.42 Å². The van der Waals surface area contributed by atoms with Crippen LogP contribution in [0.4, 0.5) is 0 Å². The fraction of sp³-hybridized carbons (Fsp3) is 0.429. The van der Waals surface area contributed by atoms with Gasteiger partial charge in [0, 0.05) is 18.7 Å². The molecule has 0 amide bonds. The van der Waals surface area contributed by atoms with Crippen molar-refractivity contribution in [3.63, 3.8) is 0 Å². The Bertz CT molecular complexity index is 630. The lowest BCUT2D eigenvalue weighted by molar-refractivity contribution is -0.0304. The number of sulfonamides is 1. The molecule has 1 aromatic carbocycles. The molecule has 0 spiro atoms. The van der Waals surface area contributed by atoms with Gasteiger partial charge in [0.15, 0.2) is 0 Å². The molecule has 1 fully saturated rings. The molecule has 1 saturated heterocycles. The Morgan fingerprint density at radius 2 is 2.00 bits per heavy atom. The number of benzene rings is 1. The minimum absolute atomic E-state index is 0.144. The van der Waals surface area contributed by atoms with E-state index in [-0.39, 0.29) is 37.8 Å². The first-order chi connectivity index (χ1) is 10.1. The second-order valence-electron chi connectivity index (χ2n) is 4.52. The van der Waals surface area contributed by atoms with Crippen LogP contribution in [0.25, 0.3) is 0 Å². The average molecular weight is 311 g/mol. The number of morpholine rings is 1. The van der Waals surface area contributed by atoms with Gasteiger partial charge in [-0.2, -0.15) is 4.31 Å². The van der Waals surface area contributed by atoms with Crippen molar-refractivity contribution in [3.05, 3.63) is 29.8 Å². The molecule has 0 bridgehead atoms. The zero-order valence-corrected chi connectivity index (χ0v) is 12.2. The van der Waals surface area contributed by atoms with Crippen molar-refractivity contribution < 1.29 is 23.4 Å². The maximum absolute atomic E-state index is 12.5. The van der Waals surface area contributed by atoms with E-state index in [0.717, 1.165) is 0 Å². The van der Waals surface area contributed by atoms with Crippen molar-refractivity contribution in [2.75, 3.05) is 32.9 Å². The highest BCUT2D eigenvalue weighted by Crippen LogP contribution is 2.19. The van der Waals surface area contributed by atoms with Gasteiger partial charge < -0.3 is 14.9 Å². The number of aliphatic hydroxyl groups excluding tert-OH is 2. The summed E-state index contributed by atoms with van der Waals surface area (Å²) in [6.45, 7) is 0.235. The molecule has 1 aliphatic rings. The number of aliphatic hydroxyl groups is 2. The summed E-state index contributed by atoms with van der Waals surface area (Å²) >= 11 is 0. The first-order valence-corrected chi connectivity index (χ1v) is 7.94. The van der Waals surface area contributed by atoms with Crippen molar-refractivity contribution in [1.29, 1.82) is 0 Å². The largest absolute Gasteiger partial charge is 0.394 e. The predicted molar refractivity (Wildman–Crippen MR) is 76.0 cm³/mol. The molecule has 6 nitrogen and oxygen atoms in total. The lowest BCUT2D eigenvalue weighted by Crippen LogP contribution is -2.46. The molecule has 0 radical (unpaired) electrons. The fourth-order valence-electron chi connectivity index (χ4n) is 2.02. The van der Waals surface area contributed by atoms with Gasteiger partial charge in [-0.1, -0.05) is 11.8 Å². The average Bonchev–Trinajstić information content (AvgIpc) is 2.53. The lowest BCUT2D eigenvalue weighted by Gasteiger charge is -2.31. The maximum Gasteiger partial charge on any atom is 0.243 e. The third-order valence-electron chi connectivity index (χ3n) is 3.11. The van der Waals surface area contributed by atoms with Crippen LogP contribution in [0.3, 0.4) is 0 Å². The Balaban J connectivity index is 2.19. The van der Waals surface area contributed by atoms with Gasteiger partial charge in [-0.05, 0) is 24.3 Å². The Morgan fingerprint density at radius 3 is 2.62 bits per heavy atom. The summed E-state index contributed by atoms with van der Waals surface area (Å²) in [6.07, 6.45) is -0.483. The normalized spacial score (nSPS) is 19.8. The van der Waals surface area contributed by atoms with Crippen LogP contribution in [-0.4, -0.2) is 62.0 Å². The van der Waals surface area contributed by atoms with Gasteiger partial charge in [0.25, 0.3) is 0 Å². The number of nitrogens with zero attached hydrogens (tertiary/aromatic N) is 1. The summed E-state index contributed by atoms with van der Waals surface area (Å²) in [6, 6.07) is 6.17. The van der Waals surface area contributed by atoms with E-state index in [2.05, 4.69) is 11.8 Å². The van der Waals surface area contributed by atoms with Crippen LogP contribution in [0.15, 0.2) is 29.2 Å². The minimum atomic E-state index is -3.60. The predicted octanol–water partition coefficient (Wildman–Crippen LogP) is -0.588. The molecule has 1 aromatic rings. The van der Waals surface area contributed by atoms with Crippen LogP contribution in [0.2, 0.25) is 0 Å². The second-order valence-corrected chi connectivity index (χ2v) is 6.46. The molecule has 0 saturated carbocycles. The second kappa shape index (κ2) is 7.02. The van der Waals surface area contributed by atoms with E-state index in [1.807, 2.05) is 0 Å². The number of ether oxygens (including phenoxy) is 1. The summed E-state index contributed by atoms with van der Waals surface area (Å²) in [5.41, 5.74) is 0.637. The molecule has 7 heteroatoms. The third kappa shape index (κ3) is 3.81. The molecule has 1 aliphatic heterocycles. The smallest absolute Gasteiger partial charge is 0.243 e. The monoisotopic (exact) mass is 311 g/mol. The van der Waals surface area contributed by atoms with Crippen LogP contribution in [0, 0.1) is 11.8 Å². The number of hydrogen-bond acceptors (Lipinski definition) is 5. The van der Waals surface area contributed by atoms with E-state index in [4.69, 9.17) is 14.9 Å². The topological polar surface area (TPSA) is 87.1 Å². The maximum atomic E-state index is 12.5. The Hall–Kier alpha value is -1.43. The van der Waals surface area contributed by atoms with Crippen molar-refractivity contribution in [2.45, 2.75) is 11.0 Å². The minimum Gasteiger partial charge on any atom is -0.394 e. The molecule has 0 aromatic heterocycles. The van der Waals surface area contributed by atoms with Gasteiger partial charge in [-0.3, -0.25) is 0 Å². The summed E-state index contributed by atoms with van der Waals surface area (Å²) in [7, 11) is -3.60. The first-order valence-electron chi connectivity index (χ1n) is 6.50. The molecule has 1 atom stereocenters. The molecule has 1 unspecified atom stereocenters. The quantitative estimate of drug-likeness (QED) is 0.729. The molecule has 0 aliphatic carbocycles. The molecule has 2 N–H and O–H groups in total. The van der Waals surface area contributed by atoms with E-state index in [1.165, 1.54) is 16.4 Å². The van der Waals surface area contributed by atoms with Gasteiger partial charge in [0.2, 0.25) is 10.0 Å². The molecule has 21 heavy (non-hydrogen) atoms. The van der Waals surface area contributed by atoms with E-state index >= 15 is 0 Å². The fourth-order valence-corrected chi connectivity index (χ4v) is 3.48. The van der Waals surface area contributed by atoms with Gasteiger partial charge in [0.05, 0.1) is 24.2 Å². The Labute approximate surface area is 124 Å². The Kier molecular flexibility index (Phi) is 5.33. The van der Waals surface area contributed by atoms with Crippen LogP contribution in [-0.2, 0) is 14.8 Å². The molecule has 2 rings (SSSR count). The van der Waals surface area contributed by atoms with Gasteiger partial charge >= 0.3 is 0 Å². The highest BCUT2D eigenvalue weighted by molar-refractivity contribution is 7.89. The summed E-state index contributed by atoms with van der Waals surface area (Å²) in [4.78, 5) is 0.177. The number of hydrogen-bond donors (Lipinski definition) is 2. The van der Waals surface area contributed by atoms with Gasteiger partial charge in [-0.15, -0.1) is 0 Å². The molecule has 114 valence electrons. The van der Waals surface area contributed by atoms with E-state index < -0.39 is 16.1 Å². The van der Waals surface area contributed by atoms with Crippen LogP contribution in [0.5, 0.6) is 0 Å². The standard InChI is InChI=1S/C14H17NO5S/c16-8-1-2-12-3-5-14(6-4-12)21(18,19)15-7-9-20-13(10-15)11-17/h3-6,13,16-17H,7-11H2. The summed E-state index contributed by atoms with van der Waals surface area (Å²) in [5.74, 6) is 5.21. The van der Waals surface area contributed by atoms with E-state index in [1.54, 1.807) is 12.1 Å². The van der Waals surface area contributed by atoms with Gasteiger partial charge in [-0.25, -0.2) is 8.42 Å². The van der Waals surface area contributed by atoms with Crippen LogP contribution >= 0.6 is 0 Å². The SMILES string of the molecule is O=S(=O)(c1ccc(C#CCO)cc1)N1CCOC(CO)C1. The molecular weight excluding hydrogens is 294 g/mol. The molecule has 1 heterocycles. The van der Waals surface area contributed by atoms with Gasteiger partial charge in [0.1, 0.15) is 6.61 Å². The highest BCUT2D eigenvalue weighted by atomic mass is 32.2. The summed E-state index contributed by atoms with van der Waals surface area (Å²) < 4.78 is 31.5. The van der Waals surface area contributed by atoms with Crippen molar-refractivity contribution in [3.8, 4) is 11.8 Å². The van der Waals surface area contributed by atoms with Crippen LogP contribution in [0.1, 0.15) is 5.56 Å². The summed E-state index contributed by atoms with van der Waals surface area (Å²) in [5, 5.41) is 17.7. The molecular formula is C14H17NO5S. The lowest BCUT2D eigenvalue weighted by atomic mass is 10.2. The first kappa shape index (κ1) is 15.9. The van der Waals surface area contributed by atoms with Crippen molar-refractivity contribution in [2.24, 2.45) is 0 Å². The zero-order chi connectivity index (χ0) is 15.3. The van der Waals surface area contributed by atoms with Crippen LogP contribution < -0.4 is 0 Å². The Morgan fingerprint density at radius 1 is 1.29 bits per heavy atom.